The molecule has 0 amide bonds. The summed E-state index contributed by atoms with van der Waals surface area (Å²) >= 11 is 0. The first kappa shape index (κ1) is 11.9. The lowest BCUT2D eigenvalue weighted by Crippen LogP contribution is -2.63. The lowest BCUT2D eigenvalue weighted by Gasteiger charge is -2.46. The van der Waals surface area contributed by atoms with Gasteiger partial charge in [0.05, 0.1) is 6.04 Å². The minimum absolute atomic E-state index is 0.133. The number of ketones is 1. The Bertz CT molecular complexity index is 432. The maximum Gasteiger partial charge on any atom is 0.155 e. The van der Waals surface area contributed by atoms with Crippen molar-refractivity contribution < 1.29 is 4.79 Å². The molecule has 96 valence electrons. The van der Waals surface area contributed by atoms with Crippen molar-refractivity contribution in [2.75, 3.05) is 32.7 Å². The first-order chi connectivity index (χ1) is 8.72. The maximum absolute atomic E-state index is 12.4. The molecular formula is C15H20N2O. The summed E-state index contributed by atoms with van der Waals surface area (Å²) in [4.78, 5) is 17.1. The van der Waals surface area contributed by atoms with Gasteiger partial charge in [-0.3, -0.25) is 14.6 Å². The highest BCUT2D eigenvalue weighted by Gasteiger charge is 2.35. The van der Waals surface area contributed by atoms with Crippen LogP contribution in [0.1, 0.15) is 11.1 Å². The lowest BCUT2D eigenvalue weighted by atomic mass is 9.98. The molecule has 0 saturated carbocycles. The third kappa shape index (κ3) is 2.33. The van der Waals surface area contributed by atoms with Gasteiger partial charge in [0.1, 0.15) is 0 Å². The first-order valence-corrected chi connectivity index (χ1v) is 6.77. The number of hydrogen-bond donors (Lipinski definition) is 0. The molecule has 0 aromatic heterocycles. The third-order valence-electron chi connectivity index (χ3n) is 4.15. The summed E-state index contributed by atoms with van der Waals surface area (Å²) in [6, 6.07) is 8.45. The van der Waals surface area contributed by atoms with Gasteiger partial charge in [-0.2, -0.15) is 0 Å². The zero-order valence-corrected chi connectivity index (χ0v) is 10.9. The quantitative estimate of drug-likeness (QED) is 0.795. The highest BCUT2D eigenvalue weighted by atomic mass is 16.1. The van der Waals surface area contributed by atoms with Crippen LogP contribution in [-0.4, -0.2) is 54.3 Å². The fraction of sp³-hybridized carbons (Fsp3) is 0.533. The Morgan fingerprint density at radius 2 is 1.83 bits per heavy atom. The predicted molar refractivity (Wildman–Crippen MR) is 71.7 cm³/mol. The second-order valence-electron chi connectivity index (χ2n) is 5.48. The molecular weight excluding hydrogens is 224 g/mol. The summed E-state index contributed by atoms with van der Waals surface area (Å²) in [7, 11) is 0. The van der Waals surface area contributed by atoms with Crippen molar-refractivity contribution in [3.8, 4) is 0 Å². The van der Waals surface area contributed by atoms with E-state index in [9.17, 15) is 4.79 Å². The first-order valence-electron chi connectivity index (χ1n) is 6.77. The van der Waals surface area contributed by atoms with Crippen molar-refractivity contribution in [3.63, 3.8) is 0 Å². The molecule has 3 heterocycles. The van der Waals surface area contributed by atoms with Crippen LogP contribution in [-0.2, 0) is 11.2 Å². The Morgan fingerprint density at radius 3 is 2.39 bits per heavy atom. The zero-order chi connectivity index (χ0) is 12.5. The average molecular weight is 244 g/mol. The van der Waals surface area contributed by atoms with Gasteiger partial charge in [-0.1, -0.05) is 29.8 Å². The number of rotatable bonds is 3. The molecule has 1 atom stereocenters. The van der Waals surface area contributed by atoms with Crippen molar-refractivity contribution in [1.82, 2.24) is 9.80 Å². The van der Waals surface area contributed by atoms with E-state index in [1.54, 1.807) is 0 Å². The standard InChI is InChI=1S/C15H20N2O/c1-12-2-4-13(5-3-12)10-15(18)14-11-16-6-8-17(14)9-7-16/h2-5,14H,6-11H2,1H3. The van der Waals surface area contributed by atoms with Gasteiger partial charge in [0.25, 0.3) is 0 Å². The zero-order valence-electron chi connectivity index (χ0n) is 10.9. The van der Waals surface area contributed by atoms with Gasteiger partial charge in [-0.15, -0.1) is 0 Å². The van der Waals surface area contributed by atoms with Gasteiger partial charge in [0, 0.05) is 39.1 Å². The molecule has 3 nitrogen and oxygen atoms in total. The lowest BCUT2D eigenvalue weighted by molar-refractivity contribution is -0.128. The summed E-state index contributed by atoms with van der Waals surface area (Å²) in [5.41, 5.74) is 2.39. The van der Waals surface area contributed by atoms with E-state index >= 15 is 0 Å². The summed E-state index contributed by atoms with van der Waals surface area (Å²) < 4.78 is 0. The summed E-state index contributed by atoms with van der Waals surface area (Å²) in [5, 5.41) is 0. The number of nitrogens with zero attached hydrogens (tertiary/aromatic N) is 2. The molecule has 3 fully saturated rings. The van der Waals surface area contributed by atoms with Gasteiger partial charge in [-0.05, 0) is 12.5 Å². The number of Topliss-reactive ketones (excluding diaryl/α,β-unsaturated/α-hetero) is 1. The van der Waals surface area contributed by atoms with E-state index in [0.717, 1.165) is 38.3 Å². The van der Waals surface area contributed by atoms with Crippen LogP contribution in [0, 0.1) is 6.92 Å². The monoisotopic (exact) mass is 244 g/mol. The van der Waals surface area contributed by atoms with E-state index in [-0.39, 0.29) is 6.04 Å². The minimum Gasteiger partial charge on any atom is -0.299 e. The molecule has 18 heavy (non-hydrogen) atoms. The van der Waals surface area contributed by atoms with E-state index in [1.807, 2.05) is 0 Å². The summed E-state index contributed by atoms with van der Waals surface area (Å²) in [6.07, 6.45) is 0.579. The molecule has 0 aliphatic carbocycles. The van der Waals surface area contributed by atoms with Crippen LogP contribution in [0.25, 0.3) is 0 Å². The second-order valence-corrected chi connectivity index (χ2v) is 5.48. The summed E-state index contributed by atoms with van der Waals surface area (Å²) in [6.45, 7) is 7.40. The number of aryl methyl sites for hydroxylation is 1. The maximum atomic E-state index is 12.4. The molecule has 0 spiro atoms. The van der Waals surface area contributed by atoms with Crippen LogP contribution in [0.2, 0.25) is 0 Å². The Morgan fingerprint density at radius 1 is 1.17 bits per heavy atom. The molecule has 1 unspecified atom stereocenters. The molecule has 3 saturated heterocycles. The smallest absolute Gasteiger partial charge is 0.155 e. The molecule has 1 aromatic rings. The predicted octanol–water partition coefficient (Wildman–Crippen LogP) is 1.11. The molecule has 3 aliphatic rings. The van der Waals surface area contributed by atoms with E-state index in [1.165, 1.54) is 5.56 Å². The largest absolute Gasteiger partial charge is 0.299 e. The number of fused-ring (bicyclic) bond motifs is 3. The van der Waals surface area contributed by atoms with Crippen molar-refractivity contribution in [1.29, 1.82) is 0 Å². The molecule has 1 aromatic carbocycles. The fourth-order valence-electron chi connectivity index (χ4n) is 2.95. The molecule has 4 rings (SSSR count). The van der Waals surface area contributed by atoms with Crippen molar-refractivity contribution in [2.24, 2.45) is 0 Å². The van der Waals surface area contributed by atoms with Crippen LogP contribution >= 0.6 is 0 Å². The average Bonchev–Trinajstić information content (AvgIpc) is 2.42. The minimum atomic E-state index is 0.133. The van der Waals surface area contributed by atoms with E-state index in [0.29, 0.717) is 12.2 Å². The van der Waals surface area contributed by atoms with Gasteiger partial charge in [-0.25, -0.2) is 0 Å². The van der Waals surface area contributed by atoms with Crippen molar-refractivity contribution in [3.05, 3.63) is 35.4 Å². The second kappa shape index (κ2) is 4.82. The van der Waals surface area contributed by atoms with Crippen LogP contribution in [0.3, 0.4) is 0 Å². The van der Waals surface area contributed by atoms with Crippen molar-refractivity contribution in [2.45, 2.75) is 19.4 Å². The number of benzene rings is 1. The number of carbonyl (C=O) groups excluding carboxylic acids is 1. The topological polar surface area (TPSA) is 23.6 Å². The Hall–Kier alpha value is -1.19. The number of carbonyl (C=O) groups is 1. The Labute approximate surface area is 108 Å². The Kier molecular flexibility index (Phi) is 3.18. The van der Waals surface area contributed by atoms with Gasteiger partial charge >= 0.3 is 0 Å². The van der Waals surface area contributed by atoms with Crippen molar-refractivity contribution >= 4 is 5.78 Å². The molecule has 3 heteroatoms. The van der Waals surface area contributed by atoms with E-state index in [4.69, 9.17) is 0 Å². The molecule has 0 N–H and O–H groups in total. The molecule has 0 radical (unpaired) electrons. The van der Waals surface area contributed by atoms with Gasteiger partial charge < -0.3 is 0 Å². The van der Waals surface area contributed by atoms with Gasteiger partial charge in [0.15, 0.2) is 5.78 Å². The Balaban J connectivity index is 1.66. The van der Waals surface area contributed by atoms with E-state index < -0.39 is 0 Å². The summed E-state index contributed by atoms with van der Waals surface area (Å²) in [5.74, 6) is 0.378. The SMILES string of the molecule is Cc1ccc(CC(=O)C2CN3CCN2CC3)cc1. The fourth-order valence-corrected chi connectivity index (χ4v) is 2.95. The van der Waals surface area contributed by atoms with Gasteiger partial charge in [0.2, 0.25) is 0 Å². The highest BCUT2D eigenvalue weighted by molar-refractivity contribution is 5.86. The van der Waals surface area contributed by atoms with Crippen LogP contribution in [0.4, 0.5) is 0 Å². The third-order valence-corrected chi connectivity index (χ3v) is 4.15. The molecule has 3 aliphatic heterocycles. The van der Waals surface area contributed by atoms with Crippen LogP contribution in [0.15, 0.2) is 24.3 Å². The normalized spacial score (nSPS) is 30.4. The highest BCUT2D eigenvalue weighted by Crippen LogP contribution is 2.18. The number of hydrogen-bond acceptors (Lipinski definition) is 3. The molecule has 2 bridgehead atoms. The van der Waals surface area contributed by atoms with E-state index in [2.05, 4.69) is 41.0 Å². The van der Waals surface area contributed by atoms with Crippen LogP contribution < -0.4 is 0 Å². The van der Waals surface area contributed by atoms with Crippen LogP contribution in [0.5, 0.6) is 0 Å². The number of piperazine rings is 3.